The van der Waals surface area contributed by atoms with Crippen molar-refractivity contribution in [2.75, 3.05) is 34.2 Å². The molecule has 0 spiro atoms. The number of hydrogen-bond acceptors (Lipinski definition) is 4. The summed E-state index contributed by atoms with van der Waals surface area (Å²) in [6, 6.07) is 12.0. The van der Waals surface area contributed by atoms with E-state index in [2.05, 4.69) is 88.1 Å². The van der Waals surface area contributed by atoms with Crippen molar-refractivity contribution in [2.45, 2.75) is 44.4 Å². The van der Waals surface area contributed by atoms with Crippen molar-refractivity contribution in [2.24, 2.45) is 12.0 Å². The van der Waals surface area contributed by atoms with Crippen LogP contribution < -0.4 is 10.6 Å². The summed E-state index contributed by atoms with van der Waals surface area (Å²) < 4.78 is 1.85. The zero-order valence-electron chi connectivity index (χ0n) is 19.5. The van der Waals surface area contributed by atoms with Crippen LogP contribution in [0.4, 0.5) is 0 Å². The Morgan fingerprint density at radius 1 is 1.29 bits per heavy atom. The Morgan fingerprint density at radius 3 is 2.61 bits per heavy atom. The summed E-state index contributed by atoms with van der Waals surface area (Å²) in [5.74, 6) is 0.874. The molecular weight excluding hydrogens is 501 g/mol. The number of aryl methyl sites for hydroxylation is 1. The summed E-state index contributed by atoms with van der Waals surface area (Å²) >= 11 is 0. The van der Waals surface area contributed by atoms with Gasteiger partial charge in [0.1, 0.15) is 0 Å². The van der Waals surface area contributed by atoms with Gasteiger partial charge in [-0.05, 0) is 39.4 Å². The van der Waals surface area contributed by atoms with Crippen LogP contribution in [0.3, 0.4) is 0 Å². The third kappa shape index (κ3) is 7.47. The molecule has 0 amide bonds. The molecule has 7 nitrogen and oxygen atoms in total. The Kier molecular flexibility index (Phi) is 10.2. The normalized spacial score (nSPS) is 20.9. The predicted molar refractivity (Wildman–Crippen MR) is 139 cm³/mol. The zero-order valence-corrected chi connectivity index (χ0v) is 21.8. The monoisotopic (exact) mass is 539 g/mol. The predicted octanol–water partition coefficient (Wildman–Crippen LogP) is 2.86. The molecule has 0 bridgehead atoms. The molecule has 3 atom stereocenters. The molecular formula is C23H38IN7. The van der Waals surface area contributed by atoms with Crippen molar-refractivity contribution < 1.29 is 0 Å². The van der Waals surface area contributed by atoms with E-state index in [1.54, 1.807) is 0 Å². The van der Waals surface area contributed by atoms with Gasteiger partial charge in [0.15, 0.2) is 5.96 Å². The highest BCUT2D eigenvalue weighted by molar-refractivity contribution is 14.0. The van der Waals surface area contributed by atoms with Gasteiger partial charge in [0.2, 0.25) is 0 Å². The highest BCUT2D eigenvalue weighted by Gasteiger charge is 2.26. The van der Waals surface area contributed by atoms with Gasteiger partial charge in [0.05, 0.1) is 12.2 Å². The lowest BCUT2D eigenvalue weighted by Crippen LogP contribution is -2.52. The molecule has 2 N–H and O–H groups in total. The van der Waals surface area contributed by atoms with E-state index in [1.807, 2.05) is 25.0 Å². The third-order valence-electron chi connectivity index (χ3n) is 6.00. The summed E-state index contributed by atoms with van der Waals surface area (Å²) in [6.45, 7) is 5.23. The van der Waals surface area contributed by atoms with Crippen LogP contribution in [-0.4, -0.2) is 71.9 Å². The first-order chi connectivity index (χ1) is 14.5. The minimum absolute atomic E-state index is 0. The number of aliphatic imine (C=N–C) groups is 1. The molecule has 2 aromatic rings. The van der Waals surface area contributed by atoms with Gasteiger partial charge in [-0.2, -0.15) is 5.10 Å². The maximum Gasteiger partial charge on any atom is 0.191 e. The fourth-order valence-electron chi connectivity index (χ4n) is 4.20. The lowest BCUT2D eigenvalue weighted by Gasteiger charge is -2.38. The number of nitrogens with one attached hydrogen (secondary N) is 2. The quantitative estimate of drug-likeness (QED) is 0.322. The van der Waals surface area contributed by atoms with Crippen molar-refractivity contribution in [3.63, 3.8) is 0 Å². The molecule has 1 aliphatic heterocycles. The minimum atomic E-state index is 0. The van der Waals surface area contributed by atoms with Gasteiger partial charge in [-0.15, -0.1) is 24.0 Å². The number of guanidine groups is 1. The molecule has 8 heteroatoms. The smallest absolute Gasteiger partial charge is 0.191 e. The second kappa shape index (κ2) is 12.4. The standard InChI is InChI=1S/C23H37N7.HI/c1-18-13-21(11-12-30(18)16-19-9-7-6-8-10-19)27-23(24-2)25-15-22(28(3)4)20-14-26-29(5)17-20;/h6-10,14,17-18,21-22H,11-13,15-16H2,1-5H3,(H2,24,25,27);1H. The first-order valence-corrected chi connectivity index (χ1v) is 10.9. The first-order valence-electron chi connectivity index (χ1n) is 10.9. The van der Waals surface area contributed by atoms with E-state index < -0.39 is 0 Å². The number of likely N-dealkylation sites (tertiary alicyclic amines) is 1. The molecule has 172 valence electrons. The van der Waals surface area contributed by atoms with Crippen LogP contribution in [-0.2, 0) is 13.6 Å². The zero-order chi connectivity index (χ0) is 21.5. The molecule has 0 saturated carbocycles. The van der Waals surface area contributed by atoms with E-state index in [4.69, 9.17) is 0 Å². The Hall–Kier alpha value is -1.65. The Labute approximate surface area is 204 Å². The van der Waals surface area contributed by atoms with Gasteiger partial charge < -0.3 is 15.5 Å². The molecule has 1 aliphatic rings. The highest BCUT2D eigenvalue weighted by atomic mass is 127. The fraction of sp³-hybridized carbons (Fsp3) is 0.565. The lowest BCUT2D eigenvalue weighted by molar-refractivity contribution is 0.134. The van der Waals surface area contributed by atoms with Crippen LogP contribution in [0.5, 0.6) is 0 Å². The van der Waals surface area contributed by atoms with Crippen molar-refractivity contribution in [3.8, 4) is 0 Å². The summed E-state index contributed by atoms with van der Waals surface area (Å²) in [5, 5.41) is 11.5. The van der Waals surface area contributed by atoms with Gasteiger partial charge in [0.25, 0.3) is 0 Å². The van der Waals surface area contributed by atoms with E-state index in [-0.39, 0.29) is 30.0 Å². The van der Waals surface area contributed by atoms with Crippen LogP contribution in [0.15, 0.2) is 47.7 Å². The maximum atomic E-state index is 4.47. The van der Waals surface area contributed by atoms with E-state index in [1.165, 1.54) is 11.1 Å². The van der Waals surface area contributed by atoms with Gasteiger partial charge in [-0.25, -0.2) is 0 Å². The summed E-state index contributed by atoms with van der Waals surface area (Å²) in [7, 11) is 7.99. The lowest BCUT2D eigenvalue weighted by atomic mass is 9.97. The van der Waals surface area contributed by atoms with Gasteiger partial charge in [-0.3, -0.25) is 14.6 Å². The number of hydrogen-bond donors (Lipinski definition) is 2. The molecule has 1 fully saturated rings. The third-order valence-corrected chi connectivity index (χ3v) is 6.00. The van der Waals surface area contributed by atoms with E-state index in [0.29, 0.717) is 12.1 Å². The Balaban J connectivity index is 0.00000341. The van der Waals surface area contributed by atoms with Crippen LogP contribution >= 0.6 is 24.0 Å². The summed E-state index contributed by atoms with van der Waals surface area (Å²) in [4.78, 5) is 9.25. The van der Waals surface area contributed by atoms with Crippen LogP contribution in [0.25, 0.3) is 0 Å². The Morgan fingerprint density at radius 2 is 2.03 bits per heavy atom. The van der Waals surface area contributed by atoms with Crippen LogP contribution in [0.2, 0.25) is 0 Å². The molecule has 0 radical (unpaired) electrons. The van der Waals surface area contributed by atoms with E-state index in [0.717, 1.165) is 38.4 Å². The van der Waals surface area contributed by atoms with E-state index in [9.17, 15) is 0 Å². The number of benzene rings is 1. The van der Waals surface area contributed by atoms with Crippen molar-refractivity contribution in [3.05, 3.63) is 53.9 Å². The Bertz CT molecular complexity index is 805. The second-order valence-corrected chi connectivity index (χ2v) is 8.55. The number of likely N-dealkylation sites (N-methyl/N-ethyl adjacent to an activating group) is 1. The van der Waals surface area contributed by atoms with Crippen molar-refractivity contribution >= 4 is 29.9 Å². The maximum absolute atomic E-state index is 4.47. The molecule has 1 aromatic heterocycles. The first kappa shape index (κ1) is 25.6. The second-order valence-electron chi connectivity index (χ2n) is 8.55. The summed E-state index contributed by atoms with van der Waals surface area (Å²) in [5.41, 5.74) is 2.59. The molecule has 31 heavy (non-hydrogen) atoms. The number of halogens is 1. The van der Waals surface area contributed by atoms with Gasteiger partial charge in [0, 0.05) is 57.6 Å². The van der Waals surface area contributed by atoms with Gasteiger partial charge >= 0.3 is 0 Å². The number of nitrogens with zero attached hydrogens (tertiary/aromatic N) is 5. The highest BCUT2D eigenvalue weighted by Crippen LogP contribution is 2.20. The van der Waals surface area contributed by atoms with Gasteiger partial charge in [-0.1, -0.05) is 30.3 Å². The topological polar surface area (TPSA) is 60.7 Å². The molecule has 2 heterocycles. The van der Waals surface area contributed by atoms with Crippen molar-refractivity contribution in [1.82, 2.24) is 30.2 Å². The number of aromatic nitrogens is 2. The molecule has 1 aromatic carbocycles. The number of piperidine rings is 1. The van der Waals surface area contributed by atoms with Crippen molar-refractivity contribution in [1.29, 1.82) is 0 Å². The largest absolute Gasteiger partial charge is 0.354 e. The fourth-order valence-corrected chi connectivity index (χ4v) is 4.20. The average molecular weight is 540 g/mol. The molecule has 1 saturated heterocycles. The molecule has 0 aliphatic carbocycles. The van der Waals surface area contributed by atoms with Crippen LogP contribution in [0.1, 0.15) is 36.9 Å². The SMILES string of the molecule is CN=C(NCC(c1cnn(C)c1)N(C)C)NC1CCN(Cc2ccccc2)C(C)C1.I. The molecule has 3 unspecified atom stereocenters. The average Bonchev–Trinajstić information content (AvgIpc) is 3.15. The minimum Gasteiger partial charge on any atom is -0.354 e. The van der Waals surface area contributed by atoms with E-state index >= 15 is 0 Å². The molecule has 3 rings (SSSR count). The number of rotatable bonds is 7. The summed E-state index contributed by atoms with van der Waals surface area (Å²) in [6.07, 6.45) is 6.25. The van der Waals surface area contributed by atoms with Crippen LogP contribution in [0, 0.1) is 0 Å².